The van der Waals surface area contributed by atoms with Gasteiger partial charge in [0.25, 0.3) is 5.91 Å². The Morgan fingerprint density at radius 3 is 2.05 bits per heavy atom. The van der Waals surface area contributed by atoms with E-state index in [1.807, 2.05) is 25.1 Å². The molecule has 3 aromatic rings. The summed E-state index contributed by atoms with van der Waals surface area (Å²) < 4.78 is 7.68. The number of hydrogen-bond acceptors (Lipinski definition) is 7. The van der Waals surface area contributed by atoms with Gasteiger partial charge in [0, 0.05) is 28.2 Å². The van der Waals surface area contributed by atoms with E-state index in [1.54, 1.807) is 28.8 Å². The standard InChI is InChI=1S/C30H36ClN5O6S/c1-3-23-19(2)36(30(41)20-6-8-21(31)9-7-20)25-11-10-22(14-24(23)25)42-13-5-4-12-32-26(37)15-33-27(38)16-34-28(39)17-35-29(40)18-43/h6-11,14,43H,3-5,12-13,15-18H2,1-2H3,(H,32,37)(H,33,38)(H,34,39)(H,35,40). The highest BCUT2D eigenvalue weighted by atomic mass is 35.5. The molecule has 1 aromatic heterocycles. The van der Waals surface area contributed by atoms with Crippen LogP contribution in [0.15, 0.2) is 42.5 Å². The number of ether oxygens (including phenoxy) is 1. The van der Waals surface area contributed by atoms with Gasteiger partial charge in [0.15, 0.2) is 0 Å². The number of aryl methyl sites for hydroxylation is 1. The molecule has 0 aliphatic heterocycles. The van der Waals surface area contributed by atoms with E-state index in [1.165, 1.54) is 0 Å². The van der Waals surface area contributed by atoms with Crippen molar-refractivity contribution in [2.45, 2.75) is 33.1 Å². The van der Waals surface area contributed by atoms with Crippen molar-refractivity contribution >= 4 is 64.7 Å². The Morgan fingerprint density at radius 2 is 1.44 bits per heavy atom. The molecule has 11 nitrogen and oxygen atoms in total. The number of benzene rings is 2. The van der Waals surface area contributed by atoms with Gasteiger partial charge in [-0.1, -0.05) is 18.5 Å². The number of nitrogens with one attached hydrogen (secondary N) is 4. The van der Waals surface area contributed by atoms with Crippen LogP contribution in [-0.4, -0.2) is 72.6 Å². The predicted molar refractivity (Wildman–Crippen MR) is 168 cm³/mol. The van der Waals surface area contributed by atoms with Gasteiger partial charge in [0.05, 0.1) is 37.5 Å². The summed E-state index contributed by atoms with van der Waals surface area (Å²) in [5, 5.41) is 11.4. The monoisotopic (exact) mass is 629 g/mol. The summed E-state index contributed by atoms with van der Waals surface area (Å²) >= 11 is 9.77. The number of hydrogen-bond donors (Lipinski definition) is 5. The number of thiol groups is 1. The van der Waals surface area contributed by atoms with E-state index in [0.717, 1.165) is 28.6 Å². The fourth-order valence-electron chi connectivity index (χ4n) is 4.41. The molecule has 2 aromatic carbocycles. The van der Waals surface area contributed by atoms with Crippen LogP contribution in [-0.2, 0) is 25.6 Å². The van der Waals surface area contributed by atoms with E-state index in [4.69, 9.17) is 16.3 Å². The first-order chi connectivity index (χ1) is 20.6. The molecular weight excluding hydrogens is 594 g/mol. The normalized spacial score (nSPS) is 10.7. The maximum absolute atomic E-state index is 13.3. The maximum Gasteiger partial charge on any atom is 0.262 e. The number of rotatable bonds is 15. The van der Waals surface area contributed by atoms with E-state index in [2.05, 4.69) is 40.8 Å². The van der Waals surface area contributed by atoms with Gasteiger partial charge < -0.3 is 26.0 Å². The summed E-state index contributed by atoms with van der Waals surface area (Å²) in [6.07, 6.45) is 2.12. The van der Waals surface area contributed by atoms with Crippen LogP contribution in [0.3, 0.4) is 0 Å². The Balaban J connectivity index is 1.40. The van der Waals surface area contributed by atoms with Crippen LogP contribution in [0, 0.1) is 6.92 Å². The number of aromatic nitrogens is 1. The SMILES string of the molecule is CCc1c(C)n(C(=O)c2ccc(Cl)cc2)c2ccc(OCCCCNC(=O)CNC(=O)CNC(=O)CNC(=O)CS)cc12. The molecule has 0 aliphatic rings. The molecule has 230 valence electrons. The van der Waals surface area contributed by atoms with Crippen molar-refractivity contribution in [2.75, 3.05) is 38.5 Å². The average Bonchev–Trinajstić information content (AvgIpc) is 3.29. The molecule has 0 fully saturated rings. The van der Waals surface area contributed by atoms with Crippen molar-refractivity contribution in [2.24, 2.45) is 0 Å². The van der Waals surface area contributed by atoms with Crippen LogP contribution < -0.4 is 26.0 Å². The van der Waals surface area contributed by atoms with Crippen LogP contribution >= 0.6 is 24.2 Å². The number of carbonyl (C=O) groups is 5. The highest BCUT2D eigenvalue weighted by Gasteiger charge is 2.19. The van der Waals surface area contributed by atoms with E-state index in [0.29, 0.717) is 42.3 Å². The maximum atomic E-state index is 13.3. The molecule has 0 aliphatic carbocycles. The van der Waals surface area contributed by atoms with Crippen LogP contribution in [0.4, 0.5) is 0 Å². The highest BCUT2D eigenvalue weighted by molar-refractivity contribution is 7.81. The summed E-state index contributed by atoms with van der Waals surface area (Å²) in [4.78, 5) is 59.7. The number of nitrogens with zero attached hydrogens (tertiary/aromatic N) is 1. The lowest BCUT2D eigenvalue weighted by Crippen LogP contribution is -2.44. The van der Waals surface area contributed by atoms with Crippen molar-refractivity contribution in [1.29, 1.82) is 0 Å². The molecule has 0 saturated carbocycles. The minimum atomic E-state index is -0.527. The van der Waals surface area contributed by atoms with Crippen molar-refractivity contribution in [3.63, 3.8) is 0 Å². The fraction of sp³-hybridized carbons (Fsp3) is 0.367. The molecule has 1 heterocycles. The number of fused-ring (bicyclic) bond motifs is 1. The summed E-state index contributed by atoms with van der Waals surface area (Å²) in [5.74, 6) is -1.27. The molecule has 0 saturated heterocycles. The molecule has 4 amide bonds. The molecule has 0 unspecified atom stereocenters. The molecule has 0 atom stereocenters. The number of halogens is 1. The van der Waals surface area contributed by atoms with Crippen molar-refractivity contribution < 1.29 is 28.7 Å². The van der Waals surface area contributed by atoms with Gasteiger partial charge in [-0.05, 0) is 74.2 Å². The number of unbranched alkanes of at least 4 members (excludes halogenated alkanes) is 1. The molecule has 43 heavy (non-hydrogen) atoms. The third kappa shape index (κ3) is 9.75. The van der Waals surface area contributed by atoms with Gasteiger partial charge in [0.2, 0.25) is 23.6 Å². The lowest BCUT2D eigenvalue weighted by atomic mass is 10.1. The lowest BCUT2D eigenvalue weighted by molar-refractivity contribution is -0.128. The zero-order valence-electron chi connectivity index (χ0n) is 24.1. The topological polar surface area (TPSA) is 148 Å². The average molecular weight is 630 g/mol. The summed E-state index contributed by atoms with van der Waals surface area (Å²) in [6, 6.07) is 12.5. The second-order valence-corrected chi connectivity index (χ2v) is 10.4. The van der Waals surface area contributed by atoms with Crippen LogP contribution in [0.1, 0.15) is 41.4 Å². The Labute approximate surface area is 260 Å². The number of carbonyl (C=O) groups excluding carboxylic acids is 5. The van der Waals surface area contributed by atoms with E-state index in [9.17, 15) is 24.0 Å². The molecule has 0 radical (unpaired) electrons. The summed E-state index contributed by atoms with van der Waals surface area (Å²) in [7, 11) is 0. The predicted octanol–water partition coefficient (Wildman–Crippen LogP) is 2.41. The van der Waals surface area contributed by atoms with E-state index in [-0.39, 0.29) is 37.2 Å². The second-order valence-electron chi connectivity index (χ2n) is 9.64. The first-order valence-electron chi connectivity index (χ1n) is 13.9. The third-order valence-electron chi connectivity index (χ3n) is 6.60. The van der Waals surface area contributed by atoms with Crippen LogP contribution in [0.5, 0.6) is 5.75 Å². The first-order valence-corrected chi connectivity index (χ1v) is 14.9. The molecule has 3 rings (SSSR count). The summed E-state index contributed by atoms with van der Waals surface area (Å²) in [5.41, 5.74) is 3.34. The Kier molecular flexibility index (Phi) is 12.9. The lowest BCUT2D eigenvalue weighted by Gasteiger charge is -2.10. The quantitative estimate of drug-likeness (QED) is 0.129. The van der Waals surface area contributed by atoms with Gasteiger partial charge in [-0.15, -0.1) is 0 Å². The molecule has 4 N–H and O–H groups in total. The van der Waals surface area contributed by atoms with Gasteiger partial charge in [-0.2, -0.15) is 12.6 Å². The minimum absolute atomic E-state index is 0.0437. The van der Waals surface area contributed by atoms with Gasteiger partial charge in [-0.3, -0.25) is 28.5 Å². The highest BCUT2D eigenvalue weighted by Crippen LogP contribution is 2.31. The largest absolute Gasteiger partial charge is 0.494 e. The first kappa shape index (κ1) is 33.5. The van der Waals surface area contributed by atoms with E-state index < -0.39 is 17.7 Å². The van der Waals surface area contributed by atoms with E-state index >= 15 is 0 Å². The minimum Gasteiger partial charge on any atom is -0.494 e. The Bertz CT molecular complexity index is 1470. The van der Waals surface area contributed by atoms with Gasteiger partial charge in [-0.25, -0.2) is 0 Å². The second kappa shape index (κ2) is 16.6. The summed E-state index contributed by atoms with van der Waals surface area (Å²) in [6.45, 7) is 4.06. The van der Waals surface area contributed by atoms with Crippen LogP contribution in [0.25, 0.3) is 10.9 Å². The number of amides is 4. The smallest absolute Gasteiger partial charge is 0.262 e. The van der Waals surface area contributed by atoms with Crippen molar-refractivity contribution in [1.82, 2.24) is 25.8 Å². The molecule has 13 heteroatoms. The van der Waals surface area contributed by atoms with Gasteiger partial charge in [0.1, 0.15) is 5.75 Å². The zero-order valence-corrected chi connectivity index (χ0v) is 25.8. The van der Waals surface area contributed by atoms with Crippen molar-refractivity contribution in [3.8, 4) is 5.75 Å². The van der Waals surface area contributed by atoms with Gasteiger partial charge >= 0.3 is 0 Å². The zero-order chi connectivity index (χ0) is 31.4. The van der Waals surface area contributed by atoms with Crippen molar-refractivity contribution in [3.05, 3.63) is 64.3 Å². The fourth-order valence-corrected chi connectivity index (χ4v) is 4.64. The van der Waals surface area contributed by atoms with Crippen LogP contribution in [0.2, 0.25) is 5.02 Å². The third-order valence-corrected chi connectivity index (χ3v) is 7.14. The molecular formula is C30H36ClN5O6S. The Hall–Kier alpha value is -4.03. The molecule has 0 spiro atoms. The molecule has 0 bridgehead atoms. The Morgan fingerprint density at radius 1 is 0.837 bits per heavy atom.